The summed E-state index contributed by atoms with van der Waals surface area (Å²) in [6.45, 7) is 4.28. The van der Waals surface area contributed by atoms with E-state index in [0.29, 0.717) is 12.5 Å². The summed E-state index contributed by atoms with van der Waals surface area (Å²) in [4.78, 5) is 29.8. The minimum absolute atomic E-state index is 0.0764. The van der Waals surface area contributed by atoms with Gasteiger partial charge in [-0.25, -0.2) is 4.68 Å². The molecule has 2 saturated heterocycles. The molecule has 0 spiro atoms. The fourth-order valence-corrected chi connectivity index (χ4v) is 5.31. The first-order chi connectivity index (χ1) is 14.6. The number of ether oxygens (including phenoxy) is 1. The maximum atomic E-state index is 13.1. The Morgan fingerprint density at radius 2 is 1.87 bits per heavy atom. The van der Waals surface area contributed by atoms with Gasteiger partial charge in [0.2, 0.25) is 5.91 Å². The van der Waals surface area contributed by atoms with Gasteiger partial charge in [-0.15, -0.1) is 0 Å². The zero-order valence-electron chi connectivity index (χ0n) is 17.7. The summed E-state index contributed by atoms with van der Waals surface area (Å²) >= 11 is 5.92. The topological polar surface area (TPSA) is 67.7 Å². The summed E-state index contributed by atoms with van der Waals surface area (Å²) < 4.78 is 6.96. The van der Waals surface area contributed by atoms with Crippen LogP contribution < -0.4 is 5.56 Å². The van der Waals surface area contributed by atoms with Gasteiger partial charge in [-0.2, -0.15) is 5.10 Å². The molecule has 0 radical (unpaired) electrons. The quantitative estimate of drug-likeness (QED) is 0.657. The van der Waals surface area contributed by atoms with Crippen LogP contribution in [0, 0.1) is 5.92 Å². The normalized spacial score (nSPS) is 23.8. The smallest absolute Gasteiger partial charge is 0.267 e. The van der Waals surface area contributed by atoms with E-state index in [1.165, 1.54) is 37.8 Å². The number of nitrogens with zero attached hydrogens (tertiary/aromatic N) is 4. The lowest BCUT2D eigenvalue weighted by Gasteiger charge is -2.38. The minimum Gasteiger partial charge on any atom is -0.376 e. The Hall–Kier alpha value is -1.44. The Bertz CT molecular complexity index is 766. The standard InChI is InChI=1S/C22H33ClN4O3/c23-20-7-8-21(28)27(24-20)16-22(29)26(15-19-6-3-13-30-19)14-17-9-11-25(12-10-17)18-4-1-2-5-18/h7-8,17-19H,1-6,9-16H2/t19-/m0/s1. The maximum Gasteiger partial charge on any atom is 0.267 e. The van der Waals surface area contributed by atoms with Gasteiger partial charge >= 0.3 is 0 Å². The molecular formula is C22H33ClN4O3. The molecule has 1 aromatic heterocycles. The van der Waals surface area contributed by atoms with Crippen LogP contribution in [-0.4, -0.2) is 70.4 Å². The molecule has 4 rings (SSSR count). The van der Waals surface area contributed by atoms with E-state index in [0.717, 1.165) is 62.6 Å². The Balaban J connectivity index is 1.37. The van der Waals surface area contributed by atoms with E-state index in [1.807, 2.05) is 4.90 Å². The fraction of sp³-hybridized carbons (Fsp3) is 0.773. The number of aromatic nitrogens is 2. The molecule has 1 aliphatic carbocycles. The highest BCUT2D eigenvalue weighted by atomic mass is 35.5. The molecule has 1 saturated carbocycles. The van der Waals surface area contributed by atoms with Gasteiger partial charge in [0.25, 0.3) is 5.56 Å². The van der Waals surface area contributed by atoms with Crippen LogP contribution in [0.15, 0.2) is 16.9 Å². The van der Waals surface area contributed by atoms with Crippen LogP contribution in [0.1, 0.15) is 51.4 Å². The first-order valence-electron chi connectivity index (χ1n) is 11.5. The van der Waals surface area contributed by atoms with Crippen molar-refractivity contribution in [3.8, 4) is 0 Å². The predicted molar refractivity (Wildman–Crippen MR) is 116 cm³/mol. The molecule has 0 N–H and O–H groups in total. The van der Waals surface area contributed by atoms with Gasteiger partial charge in [0.05, 0.1) is 6.10 Å². The number of likely N-dealkylation sites (tertiary alicyclic amines) is 1. The molecule has 0 bridgehead atoms. The zero-order valence-corrected chi connectivity index (χ0v) is 18.4. The van der Waals surface area contributed by atoms with E-state index < -0.39 is 0 Å². The van der Waals surface area contributed by atoms with E-state index in [1.54, 1.807) is 0 Å². The monoisotopic (exact) mass is 436 g/mol. The first kappa shape index (κ1) is 21.8. The summed E-state index contributed by atoms with van der Waals surface area (Å²) in [5.41, 5.74) is -0.310. The molecule has 1 amide bonds. The number of rotatable bonds is 7. The molecule has 1 aromatic rings. The molecule has 30 heavy (non-hydrogen) atoms. The van der Waals surface area contributed by atoms with Gasteiger partial charge < -0.3 is 14.5 Å². The number of amides is 1. The molecule has 1 atom stereocenters. The van der Waals surface area contributed by atoms with Crippen molar-refractivity contribution >= 4 is 17.5 Å². The Kier molecular flexibility index (Phi) is 7.44. The molecule has 0 unspecified atom stereocenters. The van der Waals surface area contributed by atoms with E-state index in [-0.39, 0.29) is 29.3 Å². The van der Waals surface area contributed by atoms with Crippen molar-refractivity contribution in [1.82, 2.24) is 19.6 Å². The van der Waals surface area contributed by atoms with Crippen LogP contribution in [0.4, 0.5) is 0 Å². The predicted octanol–water partition coefficient (Wildman–Crippen LogP) is 2.56. The second-order valence-corrected chi connectivity index (χ2v) is 9.39. The summed E-state index contributed by atoms with van der Waals surface area (Å²) in [6, 6.07) is 3.58. The van der Waals surface area contributed by atoms with Crippen molar-refractivity contribution in [1.29, 1.82) is 0 Å². The molecular weight excluding hydrogens is 404 g/mol. The van der Waals surface area contributed by atoms with Crippen molar-refractivity contribution < 1.29 is 9.53 Å². The van der Waals surface area contributed by atoms with Crippen LogP contribution in [0.2, 0.25) is 5.15 Å². The fourth-order valence-electron chi connectivity index (χ4n) is 5.16. The van der Waals surface area contributed by atoms with Gasteiger partial charge in [0.1, 0.15) is 11.7 Å². The van der Waals surface area contributed by atoms with Crippen LogP contribution in [-0.2, 0) is 16.1 Å². The molecule has 3 heterocycles. The van der Waals surface area contributed by atoms with Gasteiger partial charge in [-0.1, -0.05) is 24.4 Å². The number of carbonyl (C=O) groups is 1. The molecule has 166 valence electrons. The maximum absolute atomic E-state index is 13.1. The van der Waals surface area contributed by atoms with Gasteiger partial charge in [-0.05, 0) is 63.6 Å². The zero-order chi connectivity index (χ0) is 20.9. The summed E-state index contributed by atoms with van der Waals surface area (Å²) in [5.74, 6) is 0.414. The SMILES string of the molecule is O=C(Cn1nc(Cl)ccc1=O)N(CC1CCN(C2CCCC2)CC1)C[C@@H]1CCCO1. The van der Waals surface area contributed by atoms with Crippen LogP contribution in [0.3, 0.4) is 0 Å². The second-order valence-electron chi connectivity index (χ2n) is 9.00. The highest BCUT2D eigenvalue weighted by molar-refractivity contribution is 6.29. The largest absolute Gasteiger partial charge is 0.376 e. The van der Waals surface area contributed by atoms with Crippen molar-refractivity contribution in [3.63, 3.8) is 0 Å². The molecule has 3 fully saturated rings. The summed E-state index contributed by atoms with van der Waals surface area (Å²) in [5, 5.41) is 4.23. The number of hydrogen-bond donors (Lipinski definition) is 0. The number of carbonyl (C=O) groups excluding carboxylic acids is 1. The molecule has 3 aliphatic rings. The lowest BCUT2D eigenvalue weighted by Crippen LogP contribution is -2.46. The Morgan fingerprint density at radius 3 is 2.57 bits per heavy atom. The van der Waals surface area contributed by atoms with E-state index >= 15 is 0 Å². The lowest BCUT2D eigenvalue weighted by molar-refractivity contribution is -0.134. The van der Waals surface area contributed by atoms with Crippen LogP contribution in [0.5, 0.6) is 0 Å². The van der Waals surface area contributed by atoms with Gasteiger partial charge in [-0.3, -0.25) is 9.59 Å². The van der Waals surface area contributed by atoms with Crippen molar-refractivity contribution in [3.05, 3.63) is 27.6 Å². The highest BCUT2D eigenvalue weighted by Gasteiger charge is 2.30. The second kappa shape index (κ2) is 10.2. The molecule has 8 heteroatoms. The molecule has 7 nitrogen and oxygen atoms in total. The van der Waals surface area contributed by atoms with E-state index in [4.69, 9.17) is 16.3 Å². The number of halogens is 1. The van der Waals surface area contributed by atoms with Crippen LogP contribution in [0.25, 0.3) is 0 Å². The van der Waals surface area contributed by atoms with E-state index in [9.17, 15) is 9.59 Å². The average Bonchev–Trinajstić information content (AvgIpc) is 3.45. The highest BCUT2D eigenvalue weighted by Crippen LogP contribution is 2.28. The molecule has 0 aromatic carbocycles. The minimum atomic E-state index is -0.310. The number of hydrogen-bond acceptors (Lipinski definition) is 5. The Labute approximate surface area is 183 Å². The van der Waals surface area contributed by atoms with Crippen LogP contribution >= 0.6 is 11.6 Å². The van der Waals surface area contributed by atoms with Crippen molar-refractivity contribution in [2.75, 3.05) is 32.8 Å². The lowest BCUT2D eigenvalue weighted by atomic mass is 9.94. The summed E-state index contributed by atoms with van der Waals surface area (Å²) in [7, 11) is 0. The third-order valence-electron chi connectivity index (χ3n) is 6.89. The number of piperidine rings is 1. The van der Waals surface area contributed by atoms with Crippen molar-refractivity contribution in [2.45, 2.75) is 70.1 Å². The van der Waals surface area contributed by atoms with E-state index in [2.05, 4.69) is 10.00 Å². The third-order valence-corrected chi connectivity index (χ3v) is 7.09. The molecule has 2 aliphatic heterocycles. The summed E-state index contributed by atoms with van der Waals surface area (Å²) in [6.07, 6.45) is 9.79. The first-order valence-corrected chi connectivity index (χ1v) is 11.8. The Morgan fingerprint density at radius 1 is 1.10 bits per heavy atom. The van der Waals surface area contributed by atoms with Gasteiger partial charge in [0, 0.05) is 31.8 Å². The van der Waals surface area contributed by atoms with Crippen molar-refractivity contribution in [2.24, 2.45) is 5.92 Å². The average molecular weight is 437 g/mol. The van der Waals surface area contributed by atoms with Gasteiger partial charge in [0.15, 0.2) is 0 Å². The third kappa shape index (κ3) is 5.62.